The topological polar surface area (TPSA) is 113 Å². The molecule has 0 unspecified atom stereocenters. The maximum absolute atomic E-state index is 11.3. The highest BCUT2D eigenvalue weighted by molar-refractivity contribution is 5.87. The summed E-state index contributed by atoms with van der Waals surface area (Å²) in [4.78, 5) is 19.5. The van der Waals surface area contributed by atoms with E-state index in [1.165, 1.54) is 44.9 Å². The van der Waals surface area contributed by atoms with Gasteiger partial charge in [-0.25, -0.2) is 14.8 Å². The number of aromatic carboxylic acids is 1. The minimum absolute atomic E-state index is 0.199. The van der Waals surface area contributed by atoms with E-state index in [2.05, 4.69) is 34.4 Å². The Bertz CT molecular complexity index is 639. The standard InChI is InChI=1S/C19H31N5O2/c1-11-6-8-13(9-7-11)10-21-15-16(20)23-18(19(25)26)24-17(15)22-12(2)14-4-3-5-14/h11-14,21H,3-10H2,1-2H3,(H,25,26)(H3,20,22,23,24)/t11-,12-,13-/m1/s1. The monoisotopic (exact) mass is 361 g/mol. The van der Waals surface area contributed by atoms with Crippen molar-refractivity contribution in [2.75, 3.05) is 22.9 Å². The molecule has 1 atom stereocenters. The molecule has 0 saturated heterocycles. The molecule has 2 aliphatic rings. The fourth-order valence-corrected chi connectivity index (χ4v) is 3.91. The zero-order chi connectivity index (χ0) is 18.7. The second kappa shape index (κ2) is 8.10. The SMILES string of the molecule is C[C@@H](Nc1nc(C(=O)O)nc(N)c1NC[C@H]1CC[C@H](C)CC1)C1CCC1. The van der Waals surface area contributed by atoms with Crippen LogP contribution in [0.25, 0.3) is 0 Å². The fourth-order valence-electron chi connectivity index (χ4n) is 3.91. The van der Waals surface area contributed by atoms with Gasteiger partial charge >= 0.3 is 5.97 Å². The van der Waals surface area contributed by atoms with Crippen LogP contribution in [0.15, 0.2) is 0 Å². The predicted octanol–water partition coefficient (Wildman–Crippen LogP) is 3.60. The minimum atomic E-state index is -1.16. The first-order valence-electron chi connectivity index (χ1n) is 9.85. The summed E-state index contributed by atoms with van der Waals surface area (Å²) in [5.74, 6) is 1.32. The lowest BCUT2D eigenvalue weighted by Gasteiger charge is -2.33. The molecule has 26 heavy (non-hydrogen) atoms. The molecule has 3 rings (SSSR count). The third kappa shape index (κ3) is 4.37. The van der Waals surface area contributed by atoms with Crippen molar-refractivity contribution < 1.29 is 9.90 Å². The Morgan fingerprint density at radius 2 is 1.92 bits per heavy atom. The predicted molar refractivity (Wildman–Crippen MR) is 103 cm³/mol. The van der Waals surface area contributed by atoms with Crippen molar-refractivity contribution in [1.29, 1.82) is 0 Å². The summed E-state index contributed by atoms with van der Waals surface area (Å²) in [7, 11) is 0. The highest BCUT2D eigenvalue weighted by Gasteiger charge is 2.26. The second-order valence-corrected chi connectivity index (χ2v) is 8.09. The zero-order valence-electron chi connectivity index (χ0n) is 15.8. The average Bonchev–Trinajstić information content (AvgIpc) is 2.53. The number of nitrogen functional groups attached to an aromatic ring is 1. The quantitative estimate of drug-likeness (QED) is 0.587. The maximum Gasteiger partial charge on any atom is 0.374 e. The molecule has 2 aliphatic carbocycles. The molecule has 0 spiro atoms. The average molecular weight is 361 g/mol. The van der Waals surface area contributed by atoms with Crippen LogP contribution in [-0.2, 0) is 0 Å². The van der Waals surface area contributed by atoms with E-state index in [9.17, 15) is 9.90 Å². The molecule has 0 aliphatic heterocycles. The van der Waals surface area contributed by atoms with Crippen molar-refractivity contribution in [2.45, 2.75) is 64.8 Å². The van der Waals surface area contributed by atoms with Crippen LogP contribution in [0, 0.1) is 17.8 Å². The Labute approximate surface area is 155 Å². The van der Waals surface area contributed by atoms with Crippen molar-refractivity contribution >= 4 is 23.3 Å². The van der Waals surface area contributed by atoms with Gasteiger partial charge in [0.15, 0.2) is 11.6 Å². The number of nitrogens with two attached hydrogens (primary N) is 1. The number of carboxylic acid groups (broad SMARTS) is 1. The first-order chi connectivity index (χ1) is 12.4. The van der Waals surface area contributed by atoms with E-state index in [0.29, 0.717) is 23.3 Å². The Morgan fingerprint density at radius 3 is 2.50 bits per heavy atom. The summed E-state index contributed by atoms with van der Waals surface area (Å²) in [5, 5.41) is 16.0. The van der Waals surface area contributed by atoms with Gasteiger partial charge in [-0.3, -0.25) is 0 Å². The van der Waals surface area contributed by atoms with Crippen LogP contribution in [0.4, 0.5) is 17.3 Å². The van der Waals surface area contributed by atoms with E-state index in [1.54, 1.807) is 0 Å². The molecule has 0 radical (unpaired) electrons. The van der Waals surface area contributed by atoms with Crippen LogP contribution in [0.1, 0.15) is 69.4 Å². The van der Waals surface area contributed by atoms with E-state index in [-0.39, 0.29) is 17.7 Å². The van der Waals surface area contributed by atoms with Crippen LogP contribution in [0.2, 0.25) is 0 Å². The second-order valence-electron chi connectivity index (χ2n) is 8.09. The summed E-state index contributed by atoms with van der Waals surface area (Å²) in [6, 6.07) is 0.232. The van der Waals surface area contributed by atoms with Gasteiger partial charge in [0.1, 0.15) is 5.69 Å². The first-order valence-corrected chi connectivity index (χ1v) is 9.85. The molecule has 144 valence electrons. The van der Waals surface area contributed by atoms with Gasteiger partial charge in [-0.15, -0.1) is 0 Å². The van der Waals surface area contributed by atoms with Gasteiger partial charge < -0.3 is 21.5 Å². The van der Waals surface area contributed by atoms with Crippen LogP contribution >= 0.6 is 0 Å². The molecule has 1 aromatic heterocycles. The smallest absolute Gasteiger partial charge is 0.374 e. The van der Waals surface area contributed by atoms with Gasteiger partial charge in [-0.2, -0.15) is 0 Å². The lowest BCUT2D eigenvalue weighted by atomic mass is 9.80. The largest absolute Gasteiger partial charge is 0.475 e. The zero-order valence-corrected chi connectivity index (χ0v) is 15.8. The van der Waals surface area contributed by atoms with Crippen molar-refractivity contribution in [1.82, 2.24) is 9.97 Å². The number of hydrogen-bond acceptors (Lipinski definition) is 6. The summed E-state index contributed by atoms with van der Waals surface area (Å²) in [5.41, 5.74) is 6.72. The molecule has 5 N–H and O–H groups in total. The molecule has 1 aromatic rings. The number of aromatic nitrogens is 2. The molecule has 1 heterocycles. The molecule has 0 aromatic carbocycles. The lowest BCUT2D eigenvalue weighted by molar-refractivity contribution is 0.0684. The van der Waals surface area contributed by atoms with E-state index < -0.39 is 5.97 Å². The number of nitrogens with one attached hydrogen (secondary N) is 2. The molecule has 7 heteroatoms. The molecular formula is C19H31N5O2. The van der Waals surface area contributed by atoms with Crippen molar-refractivity contribution in [3.63, 3.8) is 0 Å². The van der Waals surface area contributed by atoms with E-state index >= 15 is 0 Å². The minimum Gasteiger partial charge on any atom is -0.475 e. The third-order valence-electron chi connectivity index (χ3n) is 6.05. The van der Waals surface area contributed by atoms with Crippen LogP contribution in [0.3, 0.4) is 0 Å². The Kier molecular flexibility index (Phi) is 5.84. The summed E-state index contributed by atoms with van der Waals surface area (Å²) >= 11 is 0. The summed E-state index contributed by atoms with van der Waals surface area (Å²) in [6.07, 6.45) is 8.61. The van der Waals surface area contributed by atoms with Gasteiger partial charge in [0, 0.05) is 12.6 Å². The molecule has 2 fully saturated rings. The normalized spacial score (nSPS) is 24.5. The van der Waals surface area contributed by atoms with Gasteiger partial charge in [-0.1, -0.05) is 26.2 Å². The highest BCUT2D eigenvalue weighted by atomic mass is 16.4. The van der Waals surface area contributed by atoms with Crippen molar-refractivity contribution in [2.24, 2.45) is 17.8 Å². The van der Waals surface area contributed by atoms with E-state index in [4.69, 9.17) is 5.73 Å². The number of anilines is 3. The van der Waals surface area contributed by atoms with Crippen LogP contribution in [0.5, 0.6) is 0 Å². The Balaban J connectivity index is 1.74. The Morgan fingerprint density at radius 1 is 1.23 bits per heavy atom. The third-order valence-corrected chi connectivity index (χ3v) is 6.05. The molecule has 0 amide bonds. The molecular weight excluding hydrogens is 330 g/mol. The number of carbonyl (C=O) groups is 1. The van der Waals surface area contributed by atoms with Gasteiger partial charge in [0.25, 0.3) is 0 Å². The highest BCUT2D eigenvalue weighted by Crippen LogP contribution is 2.34. The number of hydrogen-bond donors (Lipinski definition) is 4. The fraction of sp³-hybridized carbons (Fsp3) is 0.737. The van der Waals surface area contributed by atoms with Gasteiger partial charge in [-0.05, 0) is 50.4 Å². The summed E-state index contributed by atoms with van der Waals surface area (Å²) < 4.78 is 0. The van der Waals surface area contributed by atoms with E-state index in [0.717, 1.165) is 12.5 Å². The molecule has 2 saturated carbocycles. The number of nitrogens with zero attached hydrogens (tertiary/aromatic N) is 2. The van der Waals surface area contributed by atoms with Crippen LogP contribution < -0.4 is 16.4 Å². The van der Waals surface area contributed by atoms with Gasteiger partial charge in [0.2, 0.25) is 5.82 Å². The maximum atomic E-state index is 11.3. The lowest BCUT2D eigenvalue weighted by Crippen LogP contribution is -2.32. The van der Waals surface area contributed by atoms with Crippen molar-refractivity contribution in [3.05, 3.63) is 5.82 Å². The number of carboxylic acids is 1. The van der Waals surface area contributed by atoms with Crippen LogP contribution in [-0.4, -0.2) is 33.6 Å². The molecule has 7 nitrogen and oxygen atoms in total. The molecule has 0 bridgehead atoms. The first kappa shape index (κ1) is 18.7. The van der Waals surface area contributed by atoms with Gasteiger partial charge in [0.05, 0.1) is 0 Å². The van der Waals surface area contributed by atoms with E-state index in [1.807, 2.05) is 0 Å². The number of rotatable bonds is 7. The summed E-state index contributed by atoms with van der Waals surface area (Å²) in [6.45, 7) is 5.25. The Hall–Kier alpha value is -2.05. The van der Waals surface area contributed by atoms with Crippen molar-refractivity contribution in [3.8, 4) is 0 Å².